The van der Waals surface area contributed by atoms with Crippen LogP contribution < -0.4 is 0 Å². The first kappa shape index (κ1) is 20.9. The molecule has 0 aliphatic carbocycles. The van der Waals surface area contributed by atoms with Gasteiger partial charge in [-0.05, 0) is 61.5 Å². The van der Waals surface area contributed by atoms with Gasteiger partial charge in [-0.2, -0.15) is 0 Å². The van der Waals surface area contributed by atoms with E-state index in [1.807, 2.05) is 24.3 Å². The lowest BCUT2D eigenvalue weighted by Gasteiger charge is -2.18. The third-order valence-corrected chi connectivity index (χ3v) is 7.82. The number of para-hydroxylation sites is 1. The molecule has 0 radical (unpaired) electrons. The summed E-state index contributed by atoms with van der Waals surface area (Å²) in [6, 6.07) is 49.1. The smallest absolute Gasteiger partial charge is 0.143 e. The molecule has 0 N–H and O–H groups in total. The first-order valence-electron chi connectivity index (χ1n) is 13.8. The molecule has 8 aromatic rings. The Balaban J connectivity index is 1.55. The van der Waals surface area contributed by atoms with Crippen LogP contribution in [0.2, 0.25) is 0 Å². The van der Waals surface area contributed by atoms with E-state index in [0.29, 0.717) is 6.04 Å². The van der Waals surface area contributed by atoms with Gasteiger partial charge in [-0.25, -0.2) is 0 Å². The second kappa shape index (κ2) is 8.72. The summed E-state index contributed by atoms with van der Waals surface area (Å²) in [4.78, 5) is 0. The van der Waals surface area contributed by atoms with Gasteiger partial charge in [0.05, 0.1) is 1.37 Å². The van der Waals surface area contributed by atoms with E-state index in [4.69, 9.17) is 5.79 Å². The molecule has 0 aliphatic heterocycles. The van der Waals surface area contributed by atoms with Gasteiger partial charge < -0.3 is 4.42 Å². The molecule has 1 aromatic heterocycles. The lowest BCUT2D eigenvalue weighted by molar-refractivity contribution is 0.670. The molecular weight excluding hydrogens is 472 g/mol. The molecule has 39 heavy (non-hydrogen) atoms. The van der Waals surface area contributed by atoms with Crippen molar-refractivity contribution in [1.82, 2.24) is 0 Å². The molecule has 0 saturated carbocycles. The molecule has 8 rings (SSSR count). The minimum absolute atomic E-state index is 0.515. The predicted molar refractivity (Wildman–Crippen MR) is 165 cm³/mol. The maximum atomic E-state index is 8.02. The van der Waals surface area contributed by atoms with Gasteiger partial charge in [-0.1, -0.05) is 133 Å². The molecule has 182 valence electrons. The van der Waals surface area contributed by atoms with Crippen molar-refractivity contribution >= 4 is 43.5 Å². The second-order valence-electron chi connectivity index (χ2n) is 9.96. The Kier molecular flexibility index (Phi) is 4.66. The highest BCUT2D eigenvalue weighted by Gasteiger charge is 2.21. The zero-order chi connectivity index (χ0) is 26.6. The summed E-state index contributed by atoms with van der Waals surface area (Å²) in [6.45, 7) is 0. The van der Waals surface area contributed by atoms with Gasteiger partial charge in [0.25, 0.3) is 0 Å². The van der Waals surface area contributed by atoms with Crippen LogP contribution in [0.5, 0.6) is 0 Å². The van der Waals surface area contributed by atoms with Crippen LogP contribution in [-0.4, -0.2) is 0 Å². The van der Waals surface area contributed by atoms with E-state index in [0.717, 1.165) is 38.6 Å². The van der Waals surface area contributed by atoms with E-state index in [2.05, 4.69) is 115 Å². The summed E-state index contributed by atoms with van der Waals surface area (Å²) in [5.41, 5.74) is 8.73. The van der Waals surface area contributed by atoms with Gasteiger partial charge >= 0.3 is 0 Å². The van der Waals surface area contributed by atoms with Gasteiger partial charge in [0.2, 0.25) is 0 Å². The van der Waals surface area contributed by atoms with E-state index >= 15 is 0 Å². The molecule has 0 aliphatic rings. The van der Waals surface area contributed by atoms with Crippen molar-refractivity contribution in [3.63, 3.8) is 0 Å². The van der Waals surface area contributed by atoms with Crippen LogP contribution in [0.4, 0.5) is 0 Å². The average Bonchev–Trinajstić information content (AvgIpc) is 3.40. The molecule has 1 heterocycles. The minimum Gasteiger partial charge on any atom is -0.455 e. The summed E-state index contributed by atoms with van der Waals surface area (Å²) in [5, 5.41) is 7.05. The highest BCUT2D eigenvalue weighted by Crippen LogP contribution is 2.48. The molecule has 7 aromatic carbocycles. The Morgan fingerprint density at radius 2 is 0.923 bits per heavy atom. The Morgan fingerprint density at radius 3 is 1.59 bits per heavy atom. The molecule has 1 nitrogen and oxygen atoms in total. The minimum atomic E-state index is 0.515. The van der Waals surface area contributed by atoms with Gasteiger partial charge in [0.15, 0.2) is 0 Å². The largest absolute Gasteiger partial charge is 0.455 e. The fourth-order valence-corrected chi connectivity index (χ4v) is 6.16. The Morgan fingerprint density at radius 1 is 0.410 bits per heavy atom. The first-order valence-corrected chi connectivity index (χ1v) is 13.3. The van der Waals surface area contributed by atoms with E-state index in [9.17, 15) is 0 Å². The summed E-state index contributed by atoms with van der Waals surface area (Å²) in [6.07, 6.45) is 0. The van der Waals surface area contributed by atoms with Crippen molar-refractivity contribution in [2.75, 3.05) is 0 Å². The number of hydrogen-bond acceptors (Lipinski definition) is 1. The predicted octanol–water partition coefficient (Wildman–Crippen LogP) is 10.9. The van der Waals surface area contributed by atoms with Gasteiger partial charge in [-0.15, -0.1) is 0 Å². The zero-order valence-electron chi connectivity index (χ0n) is 22.2. The van der Waals surface area contributed by atoms with E-state index in [-0.39, 0.29) is 0 Å². The van der Waals surface area contributed by atoms with Crippen LogP contribution >= 0.6 is 0 Å². The summed E-state index contributed by atoms with van der Waals surface area (Å²) in [5.74, 6) is 0. The number of benzene rings is 7. The Hall–Kier alpha value is -5.14. The summed E-state index contributed by atoms with van der Waals surface area (Å²) in [7, 11) is 0. The summed E-state index contributed by atoms with van der Waals surface area (Å²) < 4.78 is 14.6. The third-order valence-electron chi connectivity index (χ3n) is 7.82. The number of furan rings is 1. The fourth-order valence-electron chi connectivity index (χ4n) is 6.16. The van der Waals surface area contributed by atoms with Gasteiger partial charge in [0, 0.05) is 16.3 Å². The summed E-state index contributed by atoms with van der Waals surface area (Å²) >= 11 is 0. The quantitative estimate of drug-likeness (QED) is 0.221. The molecule has 0 atom stereocenters. The average molecular weight is 498 g/mol. The van der Waals surface area contributed by atoms with Crippen molar-refractivity contribution in [1.29, 1.82) is 0 Å². The molecule has 0 saturated heterocycles. The number of hydrogen-bond donors (Lipinski definition) is 0. The third kappa shape index (κ3) is 3.34. The highest BCUT2D eigenvalue weighted by molar-refractivity contribution is 6.26. The van der Waals surface area contributed by atoms with Crippen molar-refractivity contribution < 1.29 is 5.79 Å². The highest BCUT2D eigenvalue weighted by atomic mass is 16.3. The van der Waals surface area contributed by atoms with Crippen molar-refractivity contribution in [2.24, 2.45) is 0 Å². The number of rotatable bonds is 3. The van der Waals surface area contributed by atoms with Crippen LogP contribution in [0.25, 0.3) is 76.9 Å². The van der Waals surface area contributed by atoms with E-state index in [1.165, 1.54) is 38.2 Å². The molecule has 0 fully saturated rings. The van der Waals surface area contributed by atoms with Crippen LogP contribution in [-0.2, 0) is 0 Å². The van der Waals surface area contributed by atoms with Gasteiger partial charge in [-0.3, -0.25) is 0 Å². The normalized spacial score (nSPS) is 11.9. The van der Waals surface area contributed by atoms with Crippen molar-refractivity contribution in [3.05, 3.63) is 146 Å². The van der Waals surface area contributed by atoms with E-state index in [1.54, 1.807) is 0 Å². The SMILES string of the molecule is [2H]c1ccc(-c2c3ccccc3c(-c3ccc(-c4ccccc4)c4oc5ccccc5c34)c3ccccc23)cc1. The fraction of sp³-hybridized carbons (Fsp3) is 0. The van der Waals surface area contributed by atoms with Crippen LogP contribution in [0, 0.1) is 0 Å². The second-order valence-corrected chi connectivity index (χ2v) is 9.96. The van der Waals surface area contributed by atoms with Crippen molar-refractivity contribution in [2.45, 2.75) is 0 Å². The number of fused-ring (bicyclic) bond motifs is 5. The first-order chi connectivity index (χ1) is 19.8. The van der Waals surface area contributed by atoms with Crippen molar-refractivity contribution in [3.8, 4) is 33.4 Å². The molecule has 0 bridgehead atoms. The Bertz CT molecular complexity index is 2150. The van der Waals surface area contributed by atoms with E-state index < -0.39 is 0 Å². The molecule has 1 heteroatoms. The maximum absolute atomic E-state index is 8.02. The molecule has 0 amide bonds. The van der Waals surface area contributed by atoms with Crippen LogP contribution in [0.3, 0.4) is 0 Å². The standard InChI is InChI=1S/C38H24O/c1-3-13-25(14-4-1)27-23-24-33(37-32-21-11-12-22-34(32)39-38(27)37)36-30-19-9-7-17-28(30)35(26-15-5-2-6-16-26)29-18-8-10-20-31(29)36/h1-24H/i2D. The monoisotopic (exact) mass is 497 g/mol. The molecule has 0 spiro atoms. The van der Waals surface area contributed by atoms with Gasteiger partial charge in [0.1, 0.15) is 11.2 Å². The Labute approximate surface area is 228 Å². The topological polar surface area (TPSA) is 13.1 Å². The molecular formula is C38H24O. The molecule has 0 unspecified atom stereocenters. The maximum Gasteiger partial charge on any atom is 0.143 e. The lowest BCUT2D eigenvalue weighted by atomic mass is 9.84. The van der Waals surface area contributed by atoms with Crippen LogP contribution in [0.15, 0.2) is 150 Å². The van der Waals surface area contributed by atoms with Crippen LogP contribution in [0.1, 0.15) is 1.37 Å². The zero-order valence-corrected chi connectivity index (χ0v) is 21.2. The lowest BCUT2D eigenvalue weighted by Crippen LogP contribution is -1.91.